The molecule has 0 saturated carbocycles. The van der Waals surface area contributed by atoms with Gasteiger partial charge in [0.2, 0.25) is 0 Å². The molecule has 1 atom stereocenters. The molecule has 1 unspecified atom stereocenters. The Morgan fingerprint density at radius 1 is 1.47 bits per heavy atom. The second kappa shape index (κ2) is 5.43. The topological polar surface area (TPSA) is 38.7 Å². The molecule has 0 radical (unpaired) electrons. The molecule has 1 aliphatic heterocycles. The molecule has 1 aliphatic rings. The Balaban J connectivity index is 2.21. The summed E-state index contributed by atoms with van der Waals surface area (Å²) in [5, 5.41) is 10.6. The van der Waals surface area contributed by atoms with Crippen LogP contribution in [-0.2, 0) is 4.74 Å². The van der Waals surface area contributed by atoms with E-state index in [0.29, 0.717) is 28.7 Å². The quantitative estimate of drug-likeness (QED) is 0.901. The molecule has 0 aliphatic carbocycles. The monoisotopic (exact) mass is 254 g/mol. The number of aliphatic hydroxyl groups is 1. The van der Waals surface area contributed by atoms with E-state index in [1.807, 2.05) is 6.08 Å². The van der Waals surface area contributed by atoms with Gasteiger partial charge in [-0.1, -0.05) is 17.7 Å². The Kier molecular flexibility index (Phi) is 3.92. The van der Waals surface area contributed by atoms with Gasteiger partial charge in [-0.2, -0.15) is 0 Å². The molecule has 1 aromatic rings. The fourth-order valence-electron chi connectivity index (χ4n) is 1.78. The van der Waals surface area contributed by atoms with Gasteiger partial charge in [-0.05, 0) is 36.6 Å². The molecule has 0 bridgehead atoms. The van der Waals surface area contributed by atoms with Gasteiger partial charge in [-0.15, -0.1) is 0 Å². The van der Waals surface area contributed by atoms with Gasteiger partial charge in [0.1, 0.15) is 17.6 Å². The van der Waals surface area contributed by atoms with Gasteiger partial charge in [0.25, 0.3) is 0 Å². The minimum absolute atomic E-state index is 0.487. The van der Waals surface area contributed by atoms with Crippen LogP contribution in [0, 0.1) is 0 Å². The number of ether oxygens (including phenoxy) is 2. The van der Waals surface area contributed by atoms with Gasteiger partial charge in [0.15, 0.2) is 0 Å². The van der Waals surface area contributed by atoms with Crippen molar-refractivity contribution in [2.45, 2.75) is 18.9 Å². The van der Waals surface area contributed by atoms with Crippen molar-refractivity contribution in [3.63, 3.8) is 0 Å². The summed E-state index contributed by atoms with van der Waals surface area (Å²) in [6.45, 7) is 0.660. The molecule has 0 aromatic heterocycles. The lowest BCUT2D eigenvalue weighted by Crippen LogP contribution is -2.09. The van der Waals surface area contributed by atoms with Crippen LogP contribution in [0.2, 0.25) is 5.02 Å². The van der Waals surface area contributed by atoms with Gasteiger partial charge in [0.05, 0.1) is 18.7 Å². The highest BCUT2D eigenvalue weighted by Gasteiger charge is 2.18. The standard InChI is InChI=1S/C13H15ClO3/c1-16-11-6-5-9(8-10(11)14)13(15)12-4-2-3-7-17-12/h4-6,8,13,15H,2-3,7H2,1H3. The highest BCUT2D eigenvalue weighted by molar-refractivity contribution is 6.32. The van der Waals surface area contributed by atoms with E-state index in [2.05, 4.69) is 0 Å². The Hall–Kier alpha value is -1.19. The predicted octanol–water partition coefficient (Wildman–Crippen LogP) is 3.08. The van der Waals surface area contributed by atoms with Gasteiger partial charge < -0.3 is 14.6 Å². The van der Waals surface area contributed by atoms with Crippen molar-refractivity contribution in [3.8, 4) is 5.75 Å². The summed E-state index contributed by atoms with van der Waals surface area (Å²) in [6, 6.07) is 5.22. The predicted molar refractivity (Wildman–Crippen MR) is 66.2 cm³/mol. The van der Waals surface area contributed by atoms with Crippen LogP contribution in [-0.4, -0.2) is 18.8 Å². The normalized spacial score (nSPS) is 17.0. The first-order valence-electron chi connectivity index (χ1n) is 5.56. The van der Waals surface area contributed by atoms with E-state index >= 15 is 0 Å². The summed E-state index contributed by atoms with van der Waals surface area (Å²) in [5.74, 6) is 1.21. The fraction of sp³-hybridized carbons (Fsp3) is 0.385. The van der Waals surface area contributed by atoms with E-state index < -0.39 is 6.10 Å². The number of rotatable bonds is 3. The average molecular weight is 255 g/mol. The Morgan fingerprint density at radius 2 is 2.29 bits per heavy atom. The van der Waals surface area contributed by atoms with Gasteiger partial charge in [-0.25, -0.2) is 0 Å². The van der Waals surface area contributed by atoms with Crippen LogP contribution in [0.3, 0.4) is 0 Å². The van der Waals surface area contributed by atoms with Crippen LogP contribution in [0.15, 0.2) is 30.0 Å². The average Bonchev–Trinajstić information content (AvgIpc) is 2.39. The van der Waals surface area contributed by atoms with Crippen LogP contribution < -0.4 is 4.74 Å². The van der Waals surface area contributed by atoms with Gasteiger partial charge >= 0.3 is 0 Å². The molecule has 3 nitrogen and oxygen atoms in total. The molecule has 17 heavy (non-hydrogen) atoms. The molecule has 4 heteroatoms. The number of hydrogen-bond acceptors (Lipinski definition) is 3. The van der Waals surface area contributed by atoms with Crippen LogP contribution in [0.4, 0.5) is 0 Å². The zero-order valence-corrected chi connectivity index (χ0v) is 10.4. The second-order valence-corrected chi connectivity index (χ2v) is 4.30. The first-order valence-corrected chi connectivity index (χ1v) is 5.94. The van der Waals surface area contributed by atoms with Crippen LogP contribution in [0.25, 0.3) is 0 Å². The number of allylic oxidation sites excluding steroid dienone is 1. The fourth-order valence-corrected chi connectivity index (χ4v) is 2.05. The smallest absolute Gasteiger partial charge is 0.137 e. The summed E-state index contributed by atoms with van der Waals surface area (Å²) in [7, 11) is 1.56. The lowest BCUT2D eigenvalue weighted by atomic mass is 10.1. The molecule has 0 spiro atoms. The summed E-state index contributed by atoms with van der Waals surface area (Å²) in [5.41, 5.74) is 0.712. The maximum absolute atomic E-state index is 10.1. The Bertz CT molecular complexity index is 429. The molecule has 92 valence electrons. The molecular weight excluding hydrogens is 240 g/mol. The minimum atomic E-state index is -0.751. The molecule has 1 heterocycles. The summed E-state index contributed by atoms with van der Waals surface area (Å²) in [6.07, 6.45) is 3.11. The van der Waals surface area contributed by atoms with E-state index in [-0.39, 0.29) is 0 Å². The lowest BCUT2D eigenvalue weighted by molar-refractivity contribution is 0.0918. The van der Waals surface area contributed by atoms with Crippen molar-refractivity contribution in [3.05, 3.63) is 40.6 Å². The largest absolute Gasteiger partial charge is 0.495 e. The highest BCUT2D eigenvalue weighted by Crippen LogP contribution is 2.31. The third kappa shape index (κ3) is 2.73. The first-order chi connectivity index (χ1) is 8.22. The minimum Gasteiger partial charge on any atom is -0.495 e. The third-order valence-corrected chi connectivity index (χ3v) is 3.02. The van der Waals surface area contributed by atoms with Crippen LogP contribution in [0.5, 0.6) is 5.75 Å². The molecule has 2 rings (SSSR count). The maximum atomic E-state index is 10.1. The first kappa shape index (κ1) is 12.3. The molecular formula is C13H15ClO3. The SMILES string of the molecule is COc1ccc(C(O)C2=CCCCO2)cc1Cl. The van der Waals surface area contributed by atoms with Crippen molar-refractivity contribution in [2.24, 2.45) is 0 Å². The number of halogens is 1. The van der Waals surface area contributed by atoms with Crippen molar-refractivity contribution in [2.75, 3.05) is 13.7 Å². The number of aliphatic hydroxyl groups excluding tert-OH is 1. The highest BCUT2D eigenvalue weighted by atomic mass is 35.5. The van der Waals surface area contributed by atoms with E-state index in [0.717, 1.165) is 12.8 Å². The Labute approximate surface area is 106 Å². The maximum Gasteiger partial charge on any atom is 0.137 e. The van der Waals surface area contributed by atoms with Gasteiger partial charge in [0, 0.05) is 0 Å². The van der Waals surface area contributed by atoms with E-state index in [4.69, 9.17) is 21.1 Å². The molecule has 1 N–H and O–H groups in total. The van der Waals surface area contributed by atoms with Crippen LogP contribution >= 0.6 is 11.6 Å². The third-order valence-electron chi connectivity index (χ3n) is 2.72. The van der Waals surface area contributed by atoms with Crippen molar-refractivity contribution < 1.29 is 14.6 Å². The second-order valence-electron chi connectivity index (χ2n) is 3.89. The van der Waals surface area contributed by atoms with Crippen molar-refractivity contribution in [1.29, 1.82) is 0 Å². The molecule has 0 amide bonds. The van der Waals surface area contributed by atoms with E-state index in [1.165, 1.54) is 0 Å². The van der Waals surface area contributed by atoms with Gasteiger partial charge in [-0.3, -0.25) is 0 Å². The van der Waals surface area contributed by atoms with Crippen molar-refractivity contribution >= 4 is 11.6 Å². The summed E-state index contributed by atoms with van der Waals surface area (Å²) >= 11 is 6.02. The number of methoxy groups -OCH3 is 1. The summed E-state index contributed by atoms with van der Waals surface area (Å²) in [4.78, 5) is 0. The zero-order valence-electron chi connectivity index (χ0n) is 9.65. The lowest BCUT2D eigenvalue weighted by Gasteiger charge is -2.20. The Morgan fingerprint density at radius 3 is 2.88 bits per heavy atom. The van der Waals surface area contributed by atoms with E-state index in [1.54, 1.807) is 25.3 Å². The molecule has 0 fully saturated rings. The summed E-state index contributed by atoms with van der Waals surface area (Å²) < 4.78 is 10.5. The number of hydrogen-bond donors (Lipinski definition) is 1. The van der Waals surface area contributed by atoms with Crippen molar-refractivity contribution in [1.82, 2.24) is 0 Å². The van der Waals surface area contributed by atoms with Crippen LogP contribution in [0.1, 0.15) is 24.5 Å². The van der Waals surface area contributed by atoms with E-state index in [9.17, 15) is 5.11 Å². The number of benzene rings is 1. The zero-order chi connectivity index (χ0) is 12.3. The molecule has 1 aromatic carbocycles. The molecule has 0 saturated heterocycles.